The SMILES string of the molecule is c1cc(-c2c3ccccc3cc3c2sc2ccccc23)cc(-n2c3cccc4c3c3c5c(cccc5ccc32)-c2ccccc2-4)c1. The van der Waals surface area contributed by atoms with Gasteiger partial charge < -0.3 is 4.57 Å². The van der Waals surface area contributed by atoms with Crippen LogP contribution in [0.15, 0.2) is 152 Å². The lowest BCUT2D eigenvalue weighted by atomic mass is 9.93. The van der Waals surface area contributed by atoms with Gasteiger partial charge in [0.2, 0.25) is 0 Å². The molecule has 10 aromatic rings. The van der Waals surface area contributed by atoms with E-state index < -0.39 is 0 Å². The highest BCUT2D eigenvalue weighted by molar-refractivity contribution is 7.26. The molecule has 0 N–H and O–H groups in total. The third-order valence-electron chi connectivity index (χ3n) is 10.1. The molecule has 2 heterocycles. The molecular formula is C44H25NS. The highest BCUT2D eigenvalue weighted by Gasteiger charge is 2.24. The number of hydrogen-bond donors (Lipinski definition) is 0. The fraction of sp³-hybridized carbons (Fsp3) is 0. The van der Waals surface area contributed by atoms with Crippen LogP contribution in [0, 0.1) is 0 Å². The maximum absolute atomic E-state index is 2.50. The number of nitrogens with zero attached hydrogens (tertiary/aromatic N) is 1. The Hall–Kier alpha value is -5.70. The first-order valence-corrected chi connectivity index (χ1v) is 16.7. The van der Waals surface area contributed by atoms with Gasteiger partial charge in [0, 0.05) is 42.2 Å². The minimum absolute atomic E-state index is 1.18. The average molecular weight is 600 g/mol. The number of thiophene rings is 1. The van der Waals surface area contributed by atoms with Gasteiger partial charge in [0.25, 0.3) is 0 Å². The first-order chi connectivity index (χ1) is 22.8. The third-order valence-corrected chi connectivity index (χ3v) is 11.3. The molecule has 2 aromatic heterocycles. The van der Waals surface area contributed by atoms with Crippen LogP contribution < -0.4 is 0 Å². The van der Waals surface area contributed by atoms with Crippen molar-refractivity contribution < 1.29 is 0 Å². The van der Waals surface area contributed by atoms with Crippen LogP contribution in [-0.2, 0) is 0 Å². The Balaban J connectivity index is 1.26. The smallest absolute Gasteiger partial charge is 0.0548 e. The summed E-state index contributed by atoms with van der Waals surface area (Å²) in [5.41, 5.74) is 11.5. The zero-order valence-corrected chi connectivity index (χ0v) is 25.6. The average Bonchev–Trinajstić information content (AvgIpc) is 3.62. The molecule has 0 radical (unpaired) electrons. The van der Waals surface area contributed by atoms with Gasteiger partial charge in [-0.3, -0.25) is 0 Å². The summed E-state index contributed by atoms with van der Waals surface area (Å²) in [4.78, 5) is 0. The van der Waals surface area contributed by atoms with Crippen molar-refractivity contribution in [2.24, 2.45) is 0 Å². The predicted molar refractivity (Wildman–Crippen MR) is 199 cm³/mol. The lowest BCUT2D eigenvalue weighted by molar-refractivity contribution is 1.18. The zero-order valence-electron chi connectivity index (χ0n) is 24.8. The molecule has 0 bridgehead atoms. The molecule has 1 aliphatic carbocycles. The molecule has 46 heavy (non-hydrogen) atoms. The molecule has 0 fully saturated rings. The summed E-state index contributed by atoms with van der Waals surface area (Å²) in [5, 5.41) is 10.6. The zero-order chi connectivity index (χ0) is 29.9. The summed E-state index contributed by atoms with van der Waals surface area (Å²) in [5.74, 6) is 0. The molecule has 212 valence electrons. The Bertz CT molecular complexity index is 2920. The van der Waals surface area contributed by atoms with Crippen molar-refractivity contribution in [2.45, 2.75) is 0 Å². The third kappa shape index (κ3) is 3.14. The normalized spacial score (nSPS) is 12.3. The van der Waals surface area contributed by atoms with E-state index in [1.54, 1.807) is 0 Å². The van der Waals surface area contributed by atoms with Crippen LogP contribution in [0.2, 0.25) is 0 Å². The summed E-state index contributed by atoms with van der Waals surface area (Å²) in [7, 11) is 0. The lowest BCUT2D eigenvalue weighted by Gasteiger charge is -2.15. The van der Waals surface area contributed by atoms with E-state index in [2.05, 4.69) is 156 Å². The Morgan fingerprint density at radius 3 is 1.98 bits per heavy atom. The molecule has 8 aromatic carbocycles. The Labute approximate surface area is 269 Å². The van der Waals surface area contributed by atoms with Crippen molar-refractivity contribution >= 4 is 74.9 Å². The quantitative estimate of drug-likeness (QED) is 0.186. The molecule has 0 saturated carbocycles. The Morgan fingerprint density at radius 2 is 1.09 bits per heavy atom. The molecule has 2 heteroatoms. The maximum Gasteiger partial charge on any atom is 0.0548 e. The Kier molecular flexibility index (Phi) is 4.78. The number of aromatic nitrogens is 1. The lowest BCUT2D eigenvalue weighted by Crippen LogP contribution is -1.95. The molecule has 0 spiro atoms. The summed E-state index contributed by atoms with van der Waals surface area (Å²) < 4.78 is 5.18. The van der Waals surface area contributed by atoms with Gasteiger partial charge in [-0.25, -0.2) is 0 Å². The van der Waals surface area contributed by atoms with Crippen LogP contribution in [0.4, 0.5) is 0 Å². The number of fused-ring (bicyclic) bond motifs is 7. The van der Waals surface area contributed by atoms with E-state index in [1.807, 2.05) is 11.3 Å². The predicted octanol–water partition coefficient (Wildman–Crippen LogP) is 12.8. The standard InChI is InChI=1S/C44H25NS/c1-2-14-30-27(10-1)25-36-33-17-5-6-21-39(33)46-44(36)41(30)28-12-7-13-29(24-28)45-37-20-9-19-35-32-16-4-3-15-31(32)34-18-8-11-26-22-23-38(45)43(40(26)34)42(35)37/h1-25H. The summed E-state index contributed by atoms with van der Waals surface area (Å²) in [6.45, 7) is 0. The number of hydrogen-bond acceptors (Lipinski definition) is 1. The molecule has 0 amide bonds. The second-order valence-electron chi connectivity index (χ2n) is 12.4. The van der Waals surface area contributed by atoms with Gasteiger partial charge in [0.05, 0.1) is 11.0 Å². The molecule has 0 unspecified atom stereocenters. The molecule has 0 atom stereocenters. The second kappa shape index (κ2) is 8.94. The molecular weight excluding hydrogens is 575 g/mol. The van der Waals surface area contributed by atoms with Crippen LogP contribution in [0.5, 0.6) is 0 Å². The molecule has 1 aliphatic rings. The van der Waals surface area contributed by atoms with Crippen molar-refractivity contribution in [1.29, 1.82) is 0 Å². The van der Waals surface area contributed by atoms with Crippen molar-refractivity contribution in [1.82, 2.24) is 4.57 Å². The first-order valence-electron chi connectivity index (χ1n) is 15.9. The van der Waals surface area contributed by atoms with Gasteiger partial charge in [-0.2, -0.15) is 0 Å². The second-order valence-corrected chi connectivity index (χ2v) is 13.5. The summed E-state index contributed by atoms with van der Waals surface area (Å²) in [6.07, 6.45) is 0. The minimum atomic E-state index is 1.18. The van der Waals surface area contributed by atoms with E-state index >= 15 is 0 Å². The van der Waals surface area contributed by atoms with Crippen molar-refractivity contribution in [3.63, 3.8) is 0 Å². The van der Waals surface area contributed by atoms with Gasteiger partial charge >= 0.3 is 0 Å². The van der Waals surface area contributed by atoms with E-state index in [0.717, 1.165) is 0 Å². The van der Waals surface area contributed by atoms with Crippen molar-refractivity contribution in [3.05, 3.63) is 152 Å². The topological polar surface area (TPSA) is 4.93 Å². The van der Waals surface area contributed by atoms with Crippen molar-refractivity contribution in [3.8, 4) is 39.1 Å². The van der Waals surface area contributed by atoms with Crippen LogP contribution in [0.25, 0.3) is 103 Å². The fourth-order valence-corrected chi connectivity index (χ4v) is 9.48. The number of benzene rings is 8. The van der Waals surface area contributed by atoms with E-state index in [9.17, 15) is 0 Å². The monoisotopic (exact) mass is 599 g/mol. The summed E-state index contributed by atoms with van der Waals surface area (Å²) in [6, 6.07) is 56.4. The van der Waals surface area contributed by atoms with Crippen LogP contribution in [0.1, 0.15) is 0 Å². The van der Waals surface area contributed by atoms with Gasteiger partial charge in [-0.05, 0) is 85.8 Å². The first kappa shape index (κ1) is 24.6. The van der Waals surface area contributed by atoms with Crippen molar-refractivity contribution in [2.75, 3.05) is 0 Å². The Morgan fingerprint density at radius 1 is 0.413 bits per heavy atom. The van der Waals surface area contributed by atoms with Crippen LogP contribution >= 0.6 is 11.3 Å². The van der Waals surface area contributed by atoms with Crippen LogP contribution in [0.3, 0.4) is 0 Å². The molecule has 11 rings (SSSR count). The van der Waals surface area contributed by atoms with Gasteiger partial charge in [-0.15, -0.1) is 11.3 Å². The highest BCUT2D eigenvalue weighted by Crippen LogP contribution is 2.50. The van der Waals surface area contributed by atoms with Gasteiger partial charge in [-0.1, -0.05) is 115 Å². The van der Waals surface area contributed by atoms with E-state index in [1.165, 1.54) is 103 Å². The molecule has 1 nitrogen and oxygen atoms in total. The number of rotatable bonds is 2. The summed E-state index contributed by atoms with van der Waals surface area (Å²) >= 11 is 1.91. The fourth-order valence-electron chi connectivity index (χ4n) is 8.22. The largest absolute Gasteiger partial charge is 0.309 e. The highest BCUT2D eigenvalue weighted by atomic mass is 32.1. The van der Waals surface area contributed by atoms with Gasteiger partial charge in [0.15, 0.2) is 0 Å². The van der Waals surface area contributed by atoms with Crippen LogP contribution in [-0.4, -0.2) is 4.57 Å². The molecule has 0 aliphatic heterocycles. The van der Waals surface area contributed by atoms with Gasteiger partial charge in [0.1, 0.15) is 0 Å². The van der Waals surface area contributed by atoms with E-state index in [0.29, 0.717) is 0 Å². The minimum Gasteiger partial charge on any atom is -0.309 e. The van der Waals surface area contributed by atoms with E-state index in [-0.39, 0.29) is 0 Å². The maximum atomic E-state index is 2.50. The van der Waals surface area contributed by atoms with E-state index in [4.69, 9.17) is 0 Å². The molecule has 0 saturated heterocycles.